The molecular weight excluding hydrogens is 214 g/mol. The fourth-order valence-electron chi connectivity index (χ4n) is 1.77. The zero-order chi connectivity index (χ0) is 12.3. The lowest BCUT2D eigenvalue weighted by atomic mass is 10.0. The Hall–Kier alpha value is -2.16. The van der Waals surface area contributed by atoms with Crippen LogP contribution in [0.1, 0.15) is 15.9 Å². The second-order valence-electron chi connectivity index (χ2n) is 3.76. The standard InChI is InChI=1S/C14H13NO2/c1-10-5-3-4-6-13(10)11-7-12(9-16)14(17-2)15-8-11/h3-9H,1-2H3. The fourth-order valence-corrected chi connectivity index (χ4v) is 1.77. The molecule has 0 unspecified atom stereocenters. The monoisotopic (exact) mass is 227 g/mol. The molecule has 0 N–H and O–H groups in total. The number of hydrogen-bond donors (Lipinski definition) is 0. The molecule has 2 rings (SSSR count). The summed E-state index contributed by atoms with van der Waals surface area (Å²) < 4.78 is 5.01. The van der Waals surface area contributed by atoms with Crippen LogP contribution in [0.25, 0.3) is 11.1 Å². The van der Waals surface area contributed by atoms with Crippen molar-refractivity contribution in [2.45, 2.75) is 6.92 Å². The van der Waals surface area contributed by atoms with Crippen molar-refractivity contribution in [3.05, 3.63) is 47.7 Å². The third-order valence-electron chi connectivity index (χ3n) is 2.66. The van der Waals surface area contributed by atoms with E-state index >= 15 is 0 Å². The Balaban J connectivity index is 2.54. The van der Waals surface area contributed by atoms with Crippen molar-refractivity contribution in [1.29, 1.82) is 0 Å². The van der Waals surface area contributed by atoms with Crippen LogP contribution in [-0.4, -0.2) is 18.4 Å². The summed E-state index contributed by atoms with van der Waals surface area (Å²) >= 11 is 0. The molecule has 1 heterocycles. The normalized spacial score (nSPS) is 10.0. The van der Waals surface area contributed by atoms with E-state index in [0.717, 1.165) is 23.0 Å². The number of rotatable bonds is 3. The van der Waals surface area contributed by atoms with Gasteiger partial charge in [-0.2, -0.15) is 0 Å². The SMILES string of the molecule is COc1ncc(-c2ccccc2C)cc1C=O. The molecule has 0 aliphatic heterocycles. The van der Waals surface area contributed by atoms with E-state index in [9.17, 15) is 4.79 Å². The molecule has 86 valence electrons. The van der Waals surface area contributed by atoms with Crippen LogP contribution in [0.3, 0.4) is 0 Å². The highest BCUT2D eigenvalue weighted by Gasteiger charge is 2.07. The van der Waals surface area contributed by atoms with E-state index < -0.39 is 0 Å². The van der Waals surface area contributed by atoms with Crippen LogP contribution >= 0.6 is 0 Å². The maximum Gasteiger partial charge on any atom is 0.223 e. The first-order chi connectivity index (χ1) is 8.26. The van der Waals surface area contributed by atoms with E-state index in [4.69, 9.17) is 4.74 Å². The van der Waals surface area contributed by atoms with Crippen molar-refractivity contribution in [2.75, 3.05) is 7.11 Å². The molecule has 1 aromatic heterocycles. The van der Waals surface area contributed by atoms with Crippen molar-refractivity contribution in [3.63, 3.8) is 0 Å². The Morgan fingerprint density at radius 1 is 1.29 bits per heavy atom. The fraction of sp³-hybridized carbons (Fsp3) is 0.143. The molecule has 1 aromatic carbocycles. The quantitative estimate of drug-likeness (QED) is 0.757. The number of aromatic nitrogens is 1. The van der Waals surface area contributed by atoms with Gasteiger partial charge in [0, 0.05) is 11.8 Å². The molecule has 3 nitrogen and oxygen atoms in total. The maximum atomic E-state index is 10.9. The van der Waals surface area contributed by atoms with Gasteiger partial charge in [-0.3, -0.25) is 4.79 Å². The molecule has 17 heavy (non-hydrogen) atoms. The van der Waals surface area contributed by atoms with Gasteiger partial charge >= 0.3 is 0 Å². The smallest absolute Gasteiger partial charge is 0.223 e. The van der Waals surface area contributed by atoms with Crippen LogP contribution in [-0.2, 0) is 0 Å². The second-order valence-corrected chi connectivity index (χ2v) is 3.76. The molecule has 3 heteroatoms. The Morgan fingerprint density at radius 2 is 2.06 bits per heavy atom. The van der Waals surface area contributed by atoms with Gasteiger partial charge in [0.1, 0.15) is 0 Å². The third kappa shape index (κ3) is 2.18. The van der Waals surface area contributed by atoms with Gasteiger partial charge < -0.3 is 4.74 Å². The molecule has 0 fully saturated rings. The van der Waals surface area contributed by atoms with Gasteiger partial charge in [0.25, 0.3) is 0 Å². The number of nitrogens with zero attached hydrogens (tertiary/aromatic N) is 1. The Labute approximate surface area is 100 Å². The second kappa shape index (κ2) is 4.78. The van der Waals surface area contributed by atoms with Gasteiger partial charge in [0.15, 0.2) is 6.29 Å². The zero-order valence-corrected chi connectivity index (χ0v) is 9.81. The minimum Gasteiger partial charge on any atom is -0.480 e. The van der Waals surface area contributed by atoms with Crippen molar-refractivity contribution < 1.29 is 9.53 Å². The zero-order valence-electron chi connectivity index (χ0n) is 9.81. The van der Waals surface area contributed by atoms with Crippen molar-refractivity contribution in [3.8, 4) is 17.0 Å². The molecule has 0 saturated carbocycles. The highest BCUT2D eigenvalue weighted by Crippen LogP contribution is 2.25. The minimum atomic E-state index is 0.359. The molecule has 0 amide bonds. The molecule has 0 radical (unpaired) electrons. The summed E-state index contributed by atoms with van der Waals surface area (Å²) in [6.07, 6.45) is 2.47. The summed E-state index contributed by atoms with van der Waals surface area (Å²) in [7, 11) is 1.50. The average molecular weight is 227 g/mol. The van der Waals surface area contributed by atoms with E-state index in [1.165, 1.54) is 7.11 Å². The van der Waals surface area contributed by atoms with Crippen molar-refractivity contribution in [1.82, 2.24) is 4.98 Å². The summed E-state index contributed by atoms with van der Waals surface area (Å²) in [5.41, 5.74) is 3.61. The Bertz CT molecular complexity index is 550. The molecule has 0 spiro atoms. The lowest BCUT2D eigenvalue weighted by Crippen LogP contribution is -1.95. The van der Waals surface area contributed by atoms with Crippen molar-refractivity contribution >= 4 is 6.29 Å². The molecule has 2 aromatic rings. The van der Waals surface area contributed by atoms with Gasteiger partial charge in [-0.25, -0.2) is 4.98 Å². The summed E-state index contributed by atoms with van der Waals surface area (Å²) in [5, 5.41) is 0. The average Bonchev–Trinajstić information content (AvgIpc) is 2.38. The largest absolute Gasteiger partial charge is 0.480 e. The lowest BCUT2D eigenvalue weighted by Gasteiger charge is -2.08. The highest BCUT2D eigenvalue weighted by atomic mass is 16.5. The number of methoxy groups -OCH3 is 1. The first-order valence-electron chi connectivity index (χ1n) is 5.31. The number of carbonyl (C=O) groups is 1. The molecule has 0 atom stereocenters. The van der Waals surface area contributed by atoms with Crippen LogP contribution in [0.4, 0.5) is 0 Å². The number of aldehydes is 1. The maximum absolute atomic E-state index is 10.9. The predicted molar refractivity (Wildman–Crippen MR) is 66.3 cm³/mol. The Morgan fingerprint density at radius 3 is 2.71 bits per heavy atom. The summed E-state index contributed by atoms with van der Waals surface area (Å²) in [6, 6.07) is 9.78. The number of aryl methyl sites for hydroxylation is 1. The first kappa shape index (κ1) is 11.3. The molecule has 0 saturated heterocycles. The number of hydrogen-bond acceptors (Lipinski definition) is 3. The van der Waals surface area contributed by atoms with E-state index in [-0.39, 0.29) is 0 Å². The summed E-state index contributed by atoms with van der Waals surface area (Å²) in [5.74, 6) is 0.359. The minimum absolute atomic E-state index is 0.359. The molecule has 0 aliphatic carbocycles. The van der Waals surface area contributed by atoms with E-state index in [2.05, 4.69) is 4.98 Å². The summed E-state index contributed by atoms with van der Waals surface area (Å²) in [4.78, 5) is 15.1. The van der Waals surface area contributed by atoms with Crippen LogP contribution in [0.2, 0.25) is 0 Å². The first-order valence-corrected chi connectivity index (χ1v) is 5.31. The number of carbonyl (C=O) groups excluding carboxylic acids is 1. The van der Waals surface area contributed by atoms with Gasteiger partial charge in [-0.1, -0.05) is 24.3 Å². The Kier molecular flexibility index (Phi) is 3.19. The van der Waals surface area contributed by atoms with Gasteiger partial charge in [-0.05, 0) is 24.1 Å². The van der Waals surface area contributed by atoms with Gasteiger partial charge in [-0.15, -0.1) is 0 Å². The van der Waals surface area contributed by atoms with Crippen LogP contribution < -0.4 is 4.74 Å². The molecule has 0 aliphatic rings. The molecule has 0 bridgehead atoms. The van der Waals surface area contributed by atoms with E-state index in [0.29, 0.717) is 11.4 Å². The van der Waals surface area contributed by atoms with E-state index in [1.807, 2.05) is 31.2 Å². The number of benzene rings is 1. The highest BCUT2D eigenvalue weighted by molar-refractivity contribution is 5.82. The van der Waals surface area contributed by atoms with Crippen molar-refractivity contribution in [2.24, 2.45) is 0 Å². The van der Waals surface area contributed by atoms with Crippen LogP contribution in [0.15, 0.2) is 36.5 Å². The topological polar surface area (TPSA) is 39.2 Å². The van der Waals surface area contributed by atoms with Crippen LogP contribution in [0.5, 0.6) is 5.88 Å². The number of ether oxygens (including phenoxy) is 1. The van der Waals surface area contributed by atoms with Gasteiger partial charge in [0.2, 0.25) is 5.88 Å². The van der Waals surface area contributed by atoms with Gasteiger partial charge in [0.05, 0.1) is 12.7 Å². The van der Waals surface area contributed by atoms with E-state index in [1.54, 1.807) is 12.3 Å². The third-order valence-corrected chi connectivity index (χ3v) is 2.66. The predicted octanol–water partition coefficient (Wildman–Crippen LogP) is 2.88. The van der Waals surface area contributed by atoms with Crippen LogP contribution in [0, 0.1) is 6.92 Å². The molecular formula is C14H13NO2. The number of pyridine rings is 1. The lowest BCUT2D eigenvalue weighted by molar-refractivity contribution is 0.112. The summed E-state index contributed by atoms with van der Waals surface area (Å²) in [6.45, 7) is 2.03.